The minimum atomic E-state index is -0.448. The Hall–Kier alpha value is -1.95. The summed E-state index contributed by atoms with van der Waals surface area (Å²) in [5, 5.41) is 2.32. The van der Waals surface area contributed by atoms with Gasteiger partial charge in [0.25, 0.3) is 0 Å². The molecular weight excluding hydrogens is 261 g/mol. The summed E-state index contributed by atoms with van der Waals surface area (Å²) < 4.78 is 13.4. The highest BCUT2D eigenvalue weighted by Crippen LogP contribution is 2.29. The summed E-state index contributed by atoms with van der Waals surface area (Å²) in [6.45, 7) is 3.67. The van der Waals surface area contributed by atoms with Crippen molar-refractivity contribution in [2.24, 2.45) is 5.73 Å². The third-order valence-corrected chi connectivity index (χ3v) is 3.43. The van der Waals surface area contributed by atoms with Crippen LogP contribution in [-0.4, -0.2) is 24.4 Å². The first-order valence-electron chi connectivity index (χ1n) is 6.59. The molecule has 1 aliphatic rings. The Morgan fingerprint density at radius 3 is 2.80 bits per heavy atom. The van der Waals surface area contributed by atoms with Gasteiger partial charge < -0.3 is 10.6 Å². The van der Waals surface area contributed by atoms with Gasteiger partial charge in [-0.2, -0.15) is 0 Å². The van der Waals surface area contributed by atoms with Crippen LogP contribution in [0.5, 0.6) is 0 Å². The van der Waals surface area contributed by atoms with Crippen LogP contribution in [0.3, 0.4) is 0 Å². The van der Waals surface area contributed by atoms with E-state index in [1.807, 2.05) is 6.92 Å². The van der Waals surface area contributed by atoms with Crippen molar-refractivity contribution in [2.75, 3.05) is 11.4 Å². The zero-order valence-corrected chi connectivity index (χ0v) is 11.5. The van der Waals surface area contributed by atoms with Gasteiger partial charge in [0.1, 0.15) is 11.9 Å². The van der Waals surface area contributed by atoms with Gasteiger partial charge in [0, 0.05) is 11.7 Å². The summed E-state index contributed by atoms with van der Waals surface area (Å²) in [5.74, 6) is -1.08. The number of anilines is 1. The zero-order chi connectivity index (χ0) is 14.9. The number of nitrogens with zero attached hydrogens (tertiary/aromatic N) is 1. The van der Waals surface area contributed by atoms with E-state index in [-0.39, 0.29) is 24.2 Å². The molecule has 0 saturated carbocycles. The zero-order valence-electron chi connectivity index (χ0n) is 11.5. The van der Waals surface area contributed by atoms with Crippen LogP contribution in [0.4, 0.5) is 10.1 Å². The lowest BCUT2D eigenvalue weighted by Crippen LogP contribution is -2.58. The summed E-state index contributed by atoms with van der Waals surface area (Å²) in [6, 6.07) is 3.39. The molecule has 0 aliphatic carbocycles. The highest BCUT2D eigenvalue weighted by atomic mass is 19.1. The Balaban J connectivity index is 2.47. The number of imide groups is 1. The summed E-state index contributed by atoms with van der Waals surface area (Å²) in [6.07, 6.45) is 0.550. The standard InChI is InChI=1S/C14H18FN3O2/c1-3-11-14(20)17-13(19)7-18(11)12-5-4-9(15)6-10(12)8(2)16/h4-6,8,11H,3,7,16H2,1-2H3,(H,17,19,20)/t8-,11?/m1/s1. The molecule has 0 spiro atoms. The maximum absolute atomic E-state index is 13.4. The van der Waals surface area contributed by atoms with Gasteiger partial charge in [-0.1, -0.05) is 6.92 Å². The molecule has 108 valence electrons. The van der Waals surface area contributed by atoms with Crippen molar-refractivity contribution < 1.29 is 14.0 Å². The average Bonchev–Trinajstić information content (AvgIpc) is 2.37. The first-order valence-corrected chi connectivity index (χ1v) is 6.59. The molecule has 1 fully saturated rings. The van der Waals surface area contributed by atoms with E-state index in [9.17, 15) is 14.0 Å². The summed E-state index contributed by atoms with van der Waals surface area (Å²) in [7, 11) is 0. The van der Waals surface area contributed by atoms with Gasteiger partial charge >= 0.3 is 0 Å². The number of carbonyl (C=O) groups is 2. The van der Waals surface area contributed by atoms with Crippen molar-refractivity contribution in [3.8, 4) is 0 Å². The van der Waals surface area contributed by atoms with Crippen molar-refractivity contribution in [2.45, 2.75) is 32.4 Å². The SMILES string of the molecule is CCC1C(=O)NC(=O)CN1c1ccc(F)cc1[C@@H](C)N. The number of piperazine rings is 1. The van der Waals surface area contributed by atoms with Crippen LogP contribution in [-0.2, 0) is 9.59 Å². The second-order valence-corrected chi connectivity index (χ2v) is 4.96. The number of carbonyl (C=O) groups excluding carboxylic acids is 2. The van der Waals surface area contributed by atoms with Crippen LogP contribution in [0, 0.1) is 5.82 Å². The molecule has 1 unspecified atom stereocenters. The lowest BCUT2D eigenvalue weighted by Gasteiger charge is -2.36. The monoisotopic (exact) mass is 279 g/mol. The van der Waals surface area contributed by atoms with Gasteiger partial charge in [0.05, 0.1) is 6.54 Å². The number of rotatable bonds is 3. The average molecular weight is 279 g/mol. The molecule has 0 aromatic heterocycles. The number of amides is 2. The van der Waals surface area contributed by atoms with E-state index in [2.05, 4.69) is 5.32 Å². The van der Waals surface area contributed by atoms with Crippen molar-refractivity contribution in [3.05, 3.63) is 29.6 Å². The molecule has 2 atom stereocenters. The van der Waals surface area contributed by atoms with E-state index < -0.39 is 12.1 Å². The van der Waals surface area contributed by atoms with E-state index in [4.69, 9.17) is 5.73 Å². The fourth-order valence-corrected chi connectivity index (χ4v) is 2.48. The number of benzene rings is 1. The molecule has 1 aliphatic heterocycles. The predicted molar refractivity (Wildman–Crippen MR) is 73.6 cm³/mol. The molecule has 1 heterocycles. The third kappa shape index (κ3) is 2.65. The van der Waals surface area contributed by atoms with Crippen LogP contribution < -0.4 is 16.0 Å². The highest BCUT2D eigenvalue weighted by Gasteiger charge is 2.33. The maximum atomic E-state index is 13.4. The van der Waals surface area contributed by atoms with E-state index in [0.717, 1.165) is 0 Å². The van der Waals surface area contributed by atoms with Crippen molar-refractivity contribution in [1.82, 2.24) is 5.32 Å². The molecule has 1 saturated heterocycles. The molecule has 1 aromatic rings. The smallest absolute Gasteiger partial charge is 0.249 e. The van der Waals surface area contributed by atoms with Gasteiger partial charge in [-0.25, -0.2) is 4.39 Å². The van der Waals surface area contributed by atoms with Crippen molar-refractivity contribution in [1.29, 1.82) is 0 Å². The van der Waals surface area contributed by atoms with Gasteiger partial charge in [0.15, 0.2) is 0 Å². The van der Waals surface area contributed by atoms with Crippen molar-refractivity contribution >= 4 is 17.5 Å². The Bertz CT molecular complexity index is 545. The van der Waals surface area contributed by atoms with E-state index in [1.165, 1.54) is 12.1 Å². The lowest BCUT2D eigenvalue weighted by atomic mass is 10.0. The fourth-order valence-electron chi connectivity index (χ4n) is 2.48. The van der Waals surface area contributed by atoms with Gasteiger partial charge in [-0.15, -0.1) is 0 Å². The maximum Gasteiger partial charge on any atom is 0.249 e. The molecule has 0 radical (unpaired) electrons. The molecule has 1 aromatic carbocycles. The Morgan fingerprint density at radius 1 is 1.50 bits per heavy atom. The number of hydrogen-bond acceptors (Lipinski definition) is 4. The topological polar surface area (TPSA) is 75.4 Å². The Kier molecular flexibility index (Phi) is 4.04. The second-order valence-electron chi connectivity index (χ2n) is 4.96. The van der Waals surface area contributed by atoms with Crippen molar-refractivity contribution in [3.63, 3.8) is 0 Å². The third-order valence-electron chi connectivity index (χ3n) is 3.43. The summed E-state index contributed by atoms with van der Waals surface area (Å²) >= 11 is 0. The molecule has 0 bridgehead atoms. The number of hydrogen-bond donors (Lipinski definition) is 2. The molecule has 2 amide bonds. The Labute approximate surface area is 116 Å². The molecule has 2 rings (SSSR count). The first kappa shape index (κ1) is 14.5. The second kappa shape index (κ2) is 5.58. The molecule has 20 heavy (non-hydrogen) atoms. The highest BCUT2D eigenvalue weighted by molar-refractivity contribution is 6.04. The summed E-state index contributed by atoms with van der Waals surface area (Å²) in [5.41, 5.74) is 7.09. The van der Waals surface area contributed by atoms with Crippen LogP contribution in [0.25, 0.3) is 0 Å². The van der Waals surface area contributed by atoms with E-state index in [1.54, 1.807) is 17.9 Å². The summed E-state index contributed by atoms with van der Waals surface area (Å²) in [4.78, 5) is 25.2. The Morgan fingerprint density at radius 2 is 2.20 bits per heavy atom. The minimum Gasteiger partial charge on any atom is -0.350 e. The van der Waals surface area contributed by atoms with E-state index >= 15 is 0 Å². The van der Waals surface area contributed by atoms with Crippen LogP contribution in [0.1, 0.15) is 31.9 Å². The van der Waals surface area contributed by atoms with Crippen LogP contribution in [0.2, 0.25) is 0 Å². The van der Waals surface area contributed by atoms with Crippen LogP contribution >= 0.6 is 0 Å². The van der Waals surface area contributed by atoms with Gasteiger partial charge in [0.2, 0.25) is 11.8 Å². The van der Waals surface area contributed by atoms with Gasteiger partial charge in [-0.3, -0.25) is 14.9 Å². The molecule has 6 heteroatoms. The first-order chi connectivity index (χ1) is 9.43. The normalized spacial score (nSPS) is 20.8. The number of halogens is 1. The fraction of sp³-hybridized carbons (Fsp3) is 0.429. The predicted octanol–water partition coefficient (Wildman–Crippen LogP) is 1.09. The van der Waals surface area contributed by atoms with E-state index in [0.29, 0.717) is 17.7 Å². The largest absolute Gasteiger partial charge is 0.350 e. The minimum absolute atomic E-state index is 0.0651. The van der Waals surface area contributed by atoms with Gasteiger partial charge in [-0.05, 0) is 37.1 Å². The molecular formula is C14H18FN3O2. The van der Waals surface area contributed by atoms with Crippen LogP contribution in [0.15, 0.2) is 18.2 Å². The number of nitrogens with one attached hydrogen (secondary N) is 1. The quantitative estimate of drug-likeness (QED) is 0.812. The lowest BCUT2D eigenvalue weighted by molar-refractivity contribution is -0.132. The number of nitrogens with two attached hydrogens (primary N) is 1. The molecule has 5 nitrogen and oxygen atoms in total. The molecule has 3 N–H and O–H groups in total.